The second-order valence-electron chi connectivity index (χ2n) is 7.70. The van der Waals surface area contributed by atoms with E-state index in [1.807, 2.05) is 59.2 Å². The summed E-state index contributed by atoms with van der Waals surface area (Å²) < 4.78 is 33.2. The van der Waals surface area contributed by atoms with Crippen LogP contribution < -0.4 is 4.74 Å². The van der Waals surface area contributed by atoms with Crippen LogP contribution in [0.25, 0.3) is 11.1 Å². The van der Waals surface area contributed by atoms with E-state index in [0.29, 0.717) is 0 Å². The van der Waals surface area contributed by atoms with Gasteiger partial charge in [0.15, 0.2) is 17.7 Å². The molecule has 0 spiro atoms. The smallest absolute Gasteiger partial charge is 0.343 e. The molecule has 0 amide bonds. The number of imidazole rings is 1. The van der Waals surface area contributed by atoms with E-state index in [-0.39, 0.29) is 18.9 Å². The fourth-order valence-corrected chi connectivity index (χ4v) is 3.82. The molecule has 6 nitrogen and oxygen atoms in total. The van der Waals surface area contributed by atoms with Crippen molar-refractivity contribution < 1.29 is 23.4 Å². The molecular formula is C26H21FN2O4. The number of benzene rings is 3. The van der Waals surface area contributed by atoms with Crippen LogP contribution in [-0.2, 0) is 26.6 Å². The highest BCUT2D eigenvalue weighted by atomic mass is 19.1. The molecule has 1 aliphatic heterocycles. The molecule has 1 aliphatic rings. The number of rotatable bonds is 6. The Morgan fingerprint density at radius 1 is 1.03 bits per heavy atom. The van der Waals surface area contributed by atoms with Crippen molar-refractivity contribution in [2.45, 2.75) is 18.4 Å². The summed E-state index contributed by atoms with van der Waals surface area (Å²) >= 11 is 0. The molecule has 1 fully saturated rings. The second kappa shape index (κ2) is 8.97. The Kier molecular flexibility index (Phi) is 5.73. The first-order chi connectivity index (χ1) is 16.1. The van der Waals surface area contributed by atoms with Crippen molar-refractivity contribution in [3.8, 4) is 16.9 Å². The Bertz CT molecular complexity index is 1230. The lowest BCUT2D eigenvalue weighted by atomic mass is 10.00. The summed E-state index contributed by atoms with van der Waals surface area (Å²) in [4.78, 5) is 16.8. The maximum atomic E-state index is 13.9. The van der Waals surface area contributed by atoms with Gasteiger partial charge in [-0.15, -0.1) is 0 Å². The zero-order chi connectivity index (χ0) is 22.7. The number of aromatic nitrogens is 2. The lowest BCUT2D eigenvalue weighted by Crippen LogP contribution is -2.35. The minimum absolute atomic E-state index is 0.0254. The third kappa shape index (κ3) is 4.41. The lowest BCUT2D eigenvalue weighted by molar-refractivity contribution is -0.193. The molecule has 1 aromatic heterocycles. The predicted octanol–water partition coefficient (Wildman–Crippen LogP) is 4.56. The van der Waals surface area contributed by atoms with E-state index >= 15 is 0 Å². The van der Waals surface area contributed by atoms with Crippen LogP contribution in [-0.4, -0.2) is 28.2 Å². The van der Waals surface area contributed by atoms with Gasteiger partial charge in [-0.05, 0) is 23.3 Å². The Morgan fingerprint density at radius 2 is 1.76 bits per heavy atom. The van der Waals surface area contributed by atoms with Crippen molar-refractivity contribution >= 4 is 5.97 Å². The fraction of sp³-hybridized carbons (Fsp3) is 0.154. The average Bonchev–Trinajstić information content (AvgIpc) is 3.52. The molecule has 3 aromatic carbocycles. The first-order valence-corrected chi connectivity index (χ1v) is 10.5. The van der Waals surface area contributed by atoms with E-state index in [2.05, 4.69) is 4.98 Å². The molecule has 7 heteroatoms. The zero-order valence-corrected chi connectivity index (χ0v) is 17.6. The molecule has 2 heterocycles. The molecule has 5 rings (SSSR count). The zero-order valence-electron chi connectivity index (χ0n) is 17.6. The summed E-state index contributed by atoms with van der Waals surface area (Å²) in [6, 6.07) is 23.6. The van der Waals surface area contributed by atoms with Crippen molar-refractivity contribution in [3.05, 3.63) is 109 Å². The SMILES string of the molecule is O=C(Oc1ccccc1F)[C@@H]1CO[C@](Cn2ccnc2)(c2ccc(-c3ccccc3)cc2)O1. The van der Waals surface area contributed by atoms with Crippen LogP contribution in [0.2, 0.25) is 0 Å². The van der Waals surface area contributed by atoms with Crippen LogP contribution in [0.1, 0.15) is 5.56 Å². The Labute approximate surface area is 190 Å². The lowest BCUT2D eigenvalue weighted by Gasteiger charge is -2.29. The van der Waals surface area contributed by atoms with Gasteiger partial charge in [0.1, 0.15) is 0 Å². The number of esters is 1. The van der Waals surface area contributed by atoms with Crippen LogP contribution in [0.5, 0.6) is 5.75 Å². The third-order valence-electron chi connectivity index (χ3n) is 5.49. The van der Waals surface area contributed by atoms with Gasteiger partial charge in [0, 0.05) is 18.0 Å². The van der Waals surface area contributed by atoms with Gasteiger partial charge in [-0.1, -0.05) is 66.7 Å². The number of ether oxygens (including phenoxy) is 3. The Morgan fingerprint density at radius 3 is 2.48 bits per heavy atom. The molecular weight excluding hydrogens is 423 g/mol. The highest BCUT2D eigenvalue weighted by Gasteiger charge is 2.47. The molecule has 4 aromatic rings. The van der Waals surface area contributed by atoms with Crippen molar-refractivity contribution in [3.63, 3.8) is 0 Å². The molecule has 0 unspecified atom stereocenters. The first-order valence-electron chi connectivity index (χ1n) is 10.5. The third-order valence-corrected chi connectivity index (χ3v) is 5.49. The van der Waals surface area contributed by atoms with E-state index in [1.165, 1.54) is 18.2 Å². The van der Waals surface area contributed by atoms with Gasteiger partial charge in [-0.25, -0.2) is 14.2 Å². The van der Waals surface area contributed by atoms with Crippen LogP contribution in [0, 0.1) is 5.82 Å². The number of hydrogen-bond donors (Lipinski definition) is 0. The molecule has 0 aliphatic carbocycles. The summed E-state index contributed by atoms with van der Waals surface area (Å²) in [6.07, 6.45) is 4.09. The Hall–Kier alpha value is -3.81. The number of halogens is 1. The largest absolute Gasteiger partial charge is 0.421 e. The summed E-state index contributed by atoms with van der Waals surface area (Å²) in [5.74, 6) is -2.71. The fourth-order valence-electron chi connectivity index (χ4n) is 3.82. The Balaban J connectivity index is 1.40. The predicted molar refractivity (Wildman–Crippen MR) is 119 cm³/mol. The van der Waals surface area contributed by atoms with Crippen LogP contribution in [0.4, 0.5) is 4.39 Å². The number of carbonyl (C=O) groups is 1. The highest BCUT2D eigenvalue weighted by molar-refractivity contribution is 5.77. The summed E-state index contributed by atoms with van der Waals surface area (Å²) in [5.41, 5.74) is 2.88. The van der Waals surface area contributed by atoms with Crippen molar-refractivity contribution in [1.82, 2.24) is 9.55 Å². The molecule has 33 heavy (non-hydrogen) atoms. The molecule has 0 bridgehead atoms. The standard InChI is InChI=1S/C26H21FN2O4/c27-22-8-4-5-9-23(22)32-25(30)24-16-31-26(33-24,17-29-15-14-28-18-29)21-12-10-20(11-13-21)19-6-2-1-3-7-19/h1-15,18,24H,16-17H2/t24-,26-/m0/s1. The van der Waals surface area contributed by atoms with Crippen molar-refractivity contribution in [2.24, 2.45) is 0 Å². The van der Waals surface area contributed by atoms with Crippen LogP contribution >= 0.6 is 0 Å². The van der Waals surface area contributed by atoms with Crippen LogP contribution in [0.15, 0.2) is 97.6 Å². The van der Waals surface area contributed by atoms with Crippen molar-refractivity contribution in [1.29, 1.82) is 0 Å². The number of hydrogen-bond acceptors (Lipinski definition) is 5. The molecule has 0 N–H and O–H groups in total. The minimum Gasteiger partial charge on any atom is -0.421 e. The maximum absolute atomic E-state index is 13.9. The van der Waals surface area contributed by atoms with E-state index in [9.17, 15) is 9.18 Å². The molecule has 0 saturated carbocycles. The number of carbonyl (C=O) groups excluding carboxylic acids is 1. The molecule has 2 atom stereocenters. The molecule has 166 valence electrons. The van der Waals surface area contributed by atoms with Crippen LogP contribution in [0.3, 0.4) is 0 Å². The van der Waals surface area contributed by atoms with E-state index < -0.39 is 23.7 Å². The molecule has 0 radical (unpaired) electrons. The van der Waals surface area contributed by atoms with Gasteiger partial charge in [-0.2, -0.15) is 0 Å². The quantitative estimate of drug-likeness (QED) is 0.322. The highest BCUT2D eigenvalue weighted by Crippen LogP contribution is 2.37. The van der Waals surface area contributed by atoms with E-state index in [1.54, 1.807) is 24.8 Å². The summed E-state index contributed by atoms with van der Waals surface area (Å²) in [6.45, 7) is 0.254. The second-order valence-corrected chi connectivity index (χ2v) is 7.70. The normalized spacial score (nSPS) is 20.0. The number of para-hydroxylation sites is 1. The van der Waals surface area contributed by atoms with E-state index in [0.717, 1.165) is 16.7 Å². The van der Waals surface area contributed by atoms with Gasteiger partial charge in [0.2, 0.25) is 5.79 Å². The summed E-state index contributed by atoms with van der Waals surface area (Å²) in [5, 5.41) is 0. The summed E-state index contributed by atoms with van der Waals surface area (Å²) in [7, 11) is 0. The maximum Gasteiger partial charge on any atom is 0.343 e. The van der Waals surface area contributed by atoms with Gasteiger partial charge < -0.3 is 18.8 Å². The monoisotopic (exact) mass is 444 g/mol. The van der Waals surface area contributed by atoms with Gasteiger partial charge in [0.25, 0.3) is 0 Å². The van der Waals surface area contributed by atoms with Gasteiger partial charge in [-0.3, -0.25) is 0 Å². The molecule has 1 saturated heterocycles. The number of nitrogens with zero attached hydrogens (tertiary/aromatic N) is 2. The van der Waals surface area contributed by atoms with E-state index in [4.69, 9.17) is 14.2 Å². The first kappa shape index (κ1) is 21.1. The van der Waals surface area contributed by atoms with Crippen molar-refractivity contribution in [2.75, 3.05) is 6.61 Å². The average molecular weight is 444 g/mol. The van der Waals surface area contributed by atoms with Gasteiger partial charge >= 0.3 is 5.97 Å². The topological polar surface area (TPSA) is 62.6 Å². The van der Waals surface area contributed by atoms with Gasteiger partial charge in [0.05, 0.1) is 19.5 Å². The minimum atomic E-state index is -1.23.